The van der Waals surface area contributed by atoms with Crippen LogP contribution in [0.25, 0.3) is 0 Å². The van der Waals surface area contributed by atoms with E-state index in [0.29, 0.717) is 13.2 Å². The molecule has 1 aliphatic heterocycles. The van der Waals surface area contributed by atoms with Gasteiger partial charge in [0.2, 0.25) is 0 Å². The highest BCUT2D eigenvalue weighted by molar-refractivity contribution is 5.59. The van der Waals surface area contributed by atoms with Crippen LogP contribution in [-0.2, 0) is 0 Å². The molecule has 0 spiro atoms. The third kappa shape index (κ3) is 3.06. The number of benzene rings is 2. The molecule has 120 valence electrons. The third-order valence-electron chi connectivity index (χ3n) is 3.74. The average Bonchev–Trinajstić information content (AvgIpc) is 2.90. The van der Waals surface area contributed by atoms with Gasteiger partial charge in [0.05, 0.1) is 17.6 Å². The van der Waals surface area contributed by atoms with Crippen molar-refractivity contribution in [3.63, 3.8) is 0 Å². The third-order valence-corrected chi connectivity index (χ3v) is 3.74. The van der Waals surface area contributed by atoms with Gasteiger partial charge in [-0.2, -0.15) is 0 Å². The highest BCUT2D eigenvalue weighted by Crippen LogP contribution is 2.37. The SMILES string of the molecule is CCOc1cc(NC2COc3ccc(C)cc32)ccc1[N+](=O)[O-]. The Morgan fingerprint density at radius 1 is 1.35 bits per heavy atom. The molecule has 0 bridgehead atoms. The Morgan fingerprint density at radius 2 is 2.17 bits per heavy atom. The molecule has 0 saturated carbocycles. The molecule has 2 aromatic carbocycles. The highest BCUT2D eigenvalue weighted by atomic mass is 16.6. The average molecular weight is 314 g/mol. The lowest BCUT2D eigenvalue weighted by atomic mass is 10.1. The van der Waals surface area contributed by atoms with E-state index in [9.17, 15) is 10.1 Å². The molecule has 0 aromatic heterocycles. The van der Waals surface area contributed by atoms with E-state index in [-0.39, 0.29) is 17.5 Å². The van der Waals surface area contributed by atoms with Crippen LogP contribution in [0, 0.1) is 17.0 Å². The Hall–Kier alpha value is -2.76. The minimum atomic E-state index is -0.438. The number of hydrogen-bond acceptors (Lipinski definition) is 5. The van der Waals surface area contributed by atoms with Crippen LogP contribution < -0.4 is 14.8 Å². The lowest BCUT2D eigenvalue weighted by Gasteiger charge is -2.14. The molecule has 23 heavy (non-hydrogen) atoms. The first-order valence-electron chi connectivity index (χ1n) is 7.49. The Morgan fingerprint density at radius 3 is 2.91 bits per heavy atom. The molecule has 1 unspecified atom stereocenters. The maximum atomic E-state index is 11.0. The van der Waals surface area contributed by atoms with Gasteiger partial charge in [0, 0.05) is 23.4 Å². The van der Waals surface area contributed by atoms with Crippen molar-refractivity contribution in [3.8, 4) is 11.5 Å². The number of nitrogens with one attached hydrogen (secondary N) is 1. The lowest BCUT2D eigenvalue weighted by molar-refractivity contribution is -0.385. The normalized spacial score (nSPS) is 15.7. The van der Waals surface area contributed by atoms with Crippen molar-refractivity contribution in [1.82, 2.24) is 0 Å². The molecule has 2 aromatic rings. The van der Waals surface area contributed by atoms with Gasteiger partial charge < -0.3 is 14.8 Å². The Balaban J connectivity index is 1.86. The predicted octanol–water partition coefficient (Wildman–Crippen LogP) is 3.85. The number of fused-ring (bicyclic) bond motifs is 1. The van der Waals surface area contributed by atoms with Crippen molar-refractivity contribution in [3.05, 3.63) is 57.6 Å². The van der Waals surface area contributed by atoms with E-state index < -0.39 is 4.92 Å². The van der Waals surface area contributed by atoms with E-state index in [2.05, 4.69) is 11.4 Å². The summed E-state index contributed by atoms with van der Waals surface area (Å²) in [6, 6.07) is 10.9. The standard InChI is InChI=1S/C17H18N2O4/c1-3-22-17-9-12(5-6-15(17)19(20)21)18-14-10-23-16-7-4-11(2)8-13(14)16/h4-9,14,18H,3,10H2,1-2H3. The fourth-order valence-electron chi connectivity index (χ4n) is 2.68. The Bertz CT molecular complexity index is 745. The molecule has 0 fully saturated rings. The van der Waals surface area contributed by atoms with Crippen LogP contribution in [0.1, 0.15) is 24.1 Å². The summed E-state index contributed by atoms with van der Waals surface area (Å²) < 4.78 is 11.1. The smallest absolute Gasteiger partial charge is 0.311 e. The highest BCUT2D eigenvalue weighted by Gasteiger charge is 2.25. The second-order valence-corrected chi connectivity index (χ2v) is 5.42. The number of ether oxygens (including phenoxy) is 2. The first-order chi connectivity index (χ1) is 11.1. The summed E-state index contributed by atoms with van der Waals surface area (Å²) >= 11 is 0. The van der Waals surface area contributed by atoms with Crippen LogP contribution in [-0.4, -0.2) is 18.1 Å². The maximum absolute atomic E-state index is 11.0. The number of hydrogen-bond donors (Lipinski definition) is 1. The largest absolute Gasteiger partial charge is 0.491 e. The van der Waals surface area contributed by atoms with Crippen LogP contribution >= 0.6 is 0 Å². The van der Waals surface area contributed by atoms with Gasteiger partial charge in [-0.05, 0) is 26.0 Å². The molecule has 0 radical (unpaired) electrons. The van der Waals surface area contributed by atoms with E-state index in [4.69, 9.17) is 9.47 Å². The van der Waals surface area contributed by atoms with Crippen molar-refractivity contribution in [1.29, 1.82) is 0 Å². The van der Waals surface area contributed by atoms with E-state index in [0.717, 1.165) is 17.0 Å². The summed E-state index contributed by atoms with van der Waals surface area (Å²) in [5, 5.41) is 14.4. The molecular formula is C17H18N2O4. The minimum Gasteiger partial charge on any atom is -0.491 e. The van der Waals surface area contributed by atoms with Crippen molar-refractivity contribution in [2.45, 2.75) is 19.9 Å². The van der Waals surface area contributed by atoms with Crippen molar-refractivity contribution >= 4 is 11.4 Å². The molecule has 6 heteroatoms. The van der Waals surface area contributed by atoms with Gasteiger partial charge in [-0.25, -0.2) is 0 Å². The first kappa shape index (κ1) is 15.1. The molecule has 1 heterocycles. The minimum absolute atomic E-state index is 0.0147. The van der Waals surface area contributed by atoms with Crippen molar-refractivity contribution in [2.24, 2.45) is 0 Å². The zero-order valence-electron chi connectivity index (χ0n) is 13.0. The molecule has 0 aliphatic carbocycles. The summed E-state index contributed by atoms with van der Waals surface area (Å²) in [6.07, 6.45) is 0. The van der Waals surface area contributed by atoms with E-state index in [1.54, 1.807) is 19.1 Å². The monoisotopic (exact) mass is 314 g/mol. The number of nitro benzene ring substituents is 1. The molecule has 1 atom stereocenters. The van der Waals surface area contributed by atoms with Gasteiger partial charge in [-0.15, -0.1) is 0 Å². The number of nitrogens with zero attached hydrogens (tertiary/aromatic N) is 1. The summed E-state index contributed by atoms with van der Waals surface area (Å²) in [4.78, 5) is 10.6. The number of nitro groups is 1. The van der Waals surface area contributed by atoms with Crippen LogP contribution in [0.2, 0.25) is 0 Å². The van der Waals surface area contributed by atoms with Gasteiger partial charge in [0.25, 0.3) is 0 Å². The molecule has 0 saturated heterocycles. The Kier molecular flexibility index (Phi) is 4.06. The van der Waals surface area contributed by atoms with Gasteiger partial charge in [0.15, 0.2) is 5.75 Å². The number of aryl methyl sites for hydroxylation is 1. The zero-order chi connectivity index (χ0) is 16.4. The summed E-state index contributed by atoms with van der Waals surface area (Å²) in [5.41, 5.74) is 3.00. The zero-order valence-corrected chi connectivity index (χ0v) is 13.0. The molecule has 1 N–H and O–H groups in total. The quantitative estimate of drug-likeness (QED) is 0.670. The molecule has 0 amide bonds. The lowest BCUT2D eigenvalue weighted by Crippen LogP contribution is -2.12. The van der Waals surface area contributed by atoms with Gasteiger partial charge >= 0.3 is 5.69 Å². The van der Waals surface area contributed by atoms with Crippen molar-refractivity contribution < 1.29 is 14.4 Å². The van der Waals surface area contributed by atoms with E-state index in [1.165, 1.54) is 11.6 Å². The second kappa shape index (κ2) is 6.16. The van der Waals surface area contributed by atoms with Crippen molar-refractivity contribution in [2.75, 3.05) is 18.5 Å². The Labute approximate surface area is 134 Å². The summed E-state index contributed by atoms with van der Waals surface area (Å²) in [7, 11) is 0. The van der Waals surface area contributed by atoms with Crippen LogP contribution in [0.4, 0.5) is 11.4 Å². The second-order valence-electron chi connectivity index (χ2n) is 5.42. The van der Waals surface area contributed by atoms with Crippen LogP contribution in [0.15, 0.2) is 36.4 Å². The first-order valence-corrected chi connectivity index (χ1v) is 7.49. The molecule has 1 aliphatic rings. The summed E-state index contributed by atoms with van der Waals surface area (Å²) in [5.74, 6) is 1.14. The molecule has 6 nitrogen and oxygen atoms in total. The summed E-state index contributed by atoms with van der Waals surface area (Å²) in [6.45, 7) is 4.74. The number of rotatable bonds is 5. The fraction of sp³-hybridized carbons (Fsp3) is 0.294. The van der Waals surface area contributed by atoms with Gasteiger partial charge in [-0.3, -0.25) is 10.1 Å². The van der Waals surface area contributed by atoms with E-state index >= 15 is 0 Å². The maximum Gasteiger partial charge on any atom is 0.311 e. The van der Waals surface area contributed by atoms with Gasteiger partial charge in [-0.1, -0.05) is 17.7 Å². The van der Waals surface area contributed by atoms with Crippen LogP contribution in [0.5, 0.6) is 11.5 Å². The van der Waals surface area contributed by atoms with Crippen LogP contribution in [0.3, 0.4) is 0 Å². The van der Waals surface area contributed by atoms with E-state index in [1.807, 2.05) is 19.1 Å². The van der Waals surface area contributed by atoms with Gasteiger partial charge in [0.1, 0.15) is 12.4 Å². The molecular weight excluding hydrogens is 296 g/mol. The fourth-order valence-corrected chi connectivity index (χ4v) is 2.68. The topological polar surface area (TPSA) is 73.6 Å². The number of anilines is 1. The molecule has 3 rings (SSSR count). The predicted molar refractivity (Wildman–Crippen MR) is 87.3 cm³/mol.